The van der Waals surface area contributed by atoms with Crippen molar-refractivity contribution in [3.8, 4) is 0 Å². The fraction of sp³-hybridized carbons (Fsp3) is 0.310. The Labute approximate surface area is 188 Å². The van der Waals surface area contributed by atoms with E-state index in [9.17, 15) is 0 Å². The summed E-state index contributed by atoms with van der Waals surface area (Å²) in [4.78, 5) is 0. The number of ether oxygens (including phenoxy) is 1. The molecule has 3 rings (SSSR count). The minimum Gasteiger partial charge on any atom is -0.385 e. The van der Waals surface area contributed by atoms with Gasteiger partial charge in [-0.15, -0.1) is 0 Å². The molecule has 2 heteroatoms. The van der Waals surface area contributed by atoms with Crippen LogP contribution in [0.15, 0.2) is 91.0 Å². The fourth-order valence-electron chi connectivity index (χ4n) is 3.59. The van der Waals surface area contributed by atoms with Crippen LogP contribution in [0, 0.1) is 0 Å². The van der Waals surface area contributed by atoms with Gasteiger partial charge in [-0.25, -0.2) is 0 Å². The van der Waals surface area contributed by atoms with Crippen molar-refractivity contribution in [3.63, 3.8) is 0 Å². The van der Waals surface area contributed by atoms with E-state index in [2.05, 4.69) is 103 Å². The molecule has 0 amide bonds. The van der Waals surface area contributed by atoms with Crippen molar-refractivity contribution in [3.05, 3.63) is 113 Å². The number of anilines is 1. The lowest BCUT2D eigenvalue weighted by molar-refractivity contribution is 0.134. The first-order valence-corrected chi connectivity index (χ1v) is 11.5. The number of hydrogen-bond donors (Lipinski definition) is 1. The lowest BCUT2D eigenvalue weighted by Crippen LogP contribution is -2.06. The van der Waals surface area contributed by atoms with E-state index in [1.54, 1.807) is 0 Å². The van der Waals surface area contributed by atoms with E-state index in [1.807, 2.05) is 0 Å². The van der Waals surface area contributed by atoms with E-state index in [1.165, 1.54) is 27.9 Å². The molecule has 0 aromatic heterocycles. The summed E-state index contributed by atoms with van der Waals surface area (Å²) < 4.78 is 5.52. The molecular formula is C29H35NO. The summed E-state index contributed by atoms with van der Waals surface area (Å²) in [5, 5.41) is 3.47. The predicted octanol–water partition coefficient (Wildman–Crippen LogP) is 6.85. The van der Waals surface area contributed by atoms with Crippen molar-refractivity contribution in [2.24, 2.45) is 0 Å². The van der Waals surface area contributed by atoms with Crippen LogP contribution in [-0.4, -0.2) is 19.8 Å². The Kier molecular flexibility index (Phi) is 9.92. The SMILES string of the molecule is CCCOCCCNc1ccc(CC=CCc2ccccc2Cc2ccccc2)cc1. The number of nitrogens with one attached hydrogen (secondary N) is 1. The van der Waals surface area contributed by atoms with Gasteiger partial charge in [-0.2, -0.15) is 0 Å². The molecule has 0 bridgehead atoms. The Morgan fingerprint density at radius 3 is 2.19 bits per heavy atom. The van der Waals surface area contributed by atoms with Crippen LogP contribution < -0.4 is 5.32 Å². The lowest BCUT2D eigenvalue weighted by atomic mass is 9.97. The summed E-state index contributed by atoms with van der Waals surface area (Å²) in [5.41, 5.74) is 6.70. The van der Waals surface area contributed by atoms with Gasteiger partial charge < -0.3 is 10.1 Å². The monoisotopic (exact) mass is 413 g/mol. The highest BCUT2D eigenvalue weighted by Gasteiger charge is 2.01. The Morgan fingerprint density at radius 2 is 1.42 bits per heavy atom. The van der Waals surface area contributed by atoms with Gasteiger partial charge in [-0.3, -0.25) is 0 Å². The van der Waals surface area contributed by atoms with Crippen molar-refractivity contribution in [2.45, 2.75) is 39.0 Å². The molecule has 0 aliphatic heterocycles. The molecule has 0 saturated heterocycles. The van der Waals surface area contributed by atoms with Crippen molar-refractivity contribution in [2.75, 3.05) is 25.1 Å². The topological polar surface area (TPSA) is 21.3 Å². The molecule has 1 N–H and O–H groups in total. The Bertz CT molecular complexity index is 900. The molecule has 0 heterocycles. The minimum atomic E-state index is 0.832. The van der Waals surface area contributed by atoms with Gasteiger partial charge in [-0.1, -0.05) is 85.8 Å². The fourth-order valence-corrected chi connectivity index (χ4v) is 3.59. The zero-order valence-electron chi connectivity index (χ0n) is 18.7. The average molecular weight is 414 g/mol. The lowest BCUT2D eigenvalue weighted by Gasteiger charge is -2.08. The zero-order valence-corrected chi connectivity index (χ0v) is 18.7. The maximum Gasteiger partial charge on any atom is 0.0482 e. The normalized spacial score (nSPS) is 11.1. The smallest absolute Gasteiger partial charge is 0.0482 e. The Balaban J connectivity index is 1.43. The summed E-state index contributed by atoms with van der Waals surface area (Å²) in [6, 6.07) is 28.2. The zero-order chi connectivity index (χ0) is 21.6. The molecule has 0 fully saturated rings. The second-order valence-corrected chi connectivity index (χ2v) is 7.90. The molecule has 3 aromatic rings. The van der Waals surface area contributed by atoms with Gasteiger partial charge in [0.25, 0.3) is 0 Å². The third-order valence-electron chi connectivity index (χ3n) is 5.31. The predicted molar refractivity (Wildman–Crippen MR) is 133 cm³/mol. The molecule has 162 valence electrons. The van der Waals surface area contributed by atoms with Crippen LogP contribution in [0.3, 0.4) is 0 Å². The largest absolute Gasteiger partial charge is 0.385 e. The van der Waals surface area contributed by atoms with Crippen LogP contribution >= 0.6 is 0 Å². The van der Waals surface area contributed by atoms with Gasteiger partial charge in [0.1, 0.15) is 0 Å². The van der Waals surface area contributed by atoms with Gasteiger partial charge in [0.05, 0.1) is 0 Å². The molecule has 0 radical (unpaired) electrons. The first kappa shape index (κ1) is 22.8. The van der Waals surface area contributed by atoms with Gasteiger partial charge in [0.15, 0.2) is 0 Å². The van der Waals surface area contributed by atoms with Crippen LogP contribution in [0.5, 0.6) is 0 Å². The first-order chi connectivity index (χ1) is 15.3. The summed E-state index contributed by atoms with van der Waals surface area (Å²) in [6.07, 6.45) is 9.64. The van der Waals surface area contributed by atoms with Gasteiger partial charge in [0.2, 0.25) is 0 Å². The highest BCUT2D eigenvalue weighted by Crippen LogP contribution is 2.16. The van der Waals surface area contributed by atoms with Gasteiger partial charge >= 0.3 is 0 Å². The highest BCUT2D eigenvalue weighted by atomic mass is 16.5. The summed E-state index contributed by atoms with van der Waals surface area (Å²) in [6.45, 7) is 4.78. The second-order valence-electron chi connectivity index (χ2n) is 7.90. The maximum atomic E-state index is 5.52. The van der Waals surface area contributed by atoms with E-state index in [0.717, 1.165) is 51.9 Å². The second kappa shape index (κ2) is 13.5. The Morgan fingerprint density at radius 1 is 0.710 bits per heavy atom. The molecule has 2 nitrogen and oxygen atoms in total. The van der Waals surface area contributed by atoms with E-state index in [0.29, 0.717) is 0 Å². The molecule has 31 heavy (non-hydrogen) atoms. The van der Waals surface area contributed by atoms with Crippen LogP contribution in [0.25, 0.3) is 0 Å². The minimum absolute atomic E-state index is 0.832. The van der Waals surface area contributed by atoms with Crippen LogP contribution in [0.1, 0.15) is 42.0 Å². The van der Waals surface area contributed by atoms with Gasteiger partial charge in [0, 0.05) is 25.4 Å². The summed E-state index contributed by atoms with van der Waals surface area (Å²) >= 11 is 0. The molecule has 0 saturated carbocycles. The van der Waals surface area contributed by atoms with Crippen molar-refractivity contribution >= 4 is 5.69 Å². The molecule has 3 aromatic carbocycles. The standard InChI is InChI=1S/C29H35NO/c1-2-22-31-23-10-21-30-29-19-17-25(18-20-29)11-6-7-14-27-15-8-9-16-28(27)24-26-12-4-3-5-13-26/h3-9,12-13,15-20,30H,2,10-11,14,21-24H2,1H3. The number of allylic oxidation sites excluding steroid dienone is 2. The van der Waals surface area contributed by atoms with Crippen LogP contribution in [0.2, 0.25) is 0 Å². The van der Waals surface area contributed by atoms with Crippen LogP contribution in [-0.2, 0) is 24.0 Å². The highest BCUT2D eigenvalue weighted by molar-refractivity contribution is 5.44. The molecule has 0 atom stereocenters. The molecule has 0 spiro atoms. The quantitative estimate of drug-likeness (QED) is 0.244. The van der Waals surface area contributed by atoms with E-state index < -0.39 is 0 Å². The Hall–Kier alpha value is -2.84. The molecule has 0 aliphatic carbocycles. The average Bonchev–Trinajstić information content (AvgIpc) is 2.81. The van der Waals surface area contributed by atoms with E-state index in [-0.39, 0.29) is 0 Å². The third kappa shape index (κ3) is 8.43. The summed E-state index contributed by atoms with van der Waals surface area (Å²) in [5.74, 6) is 0. The van der Waals surface area contributed by atoms with Crippen molar-refractivity contribution in [1.29, 1.82) is 0 Å². The maximum absolute atomic E-state index is 5.52. The van der Waals surface area contributed by atoms with E-state index >= 15 is 0 Å². The molecular weight excluding hydrogens is 378 g/mol. The summed E-state index contributed by atoms with van der Waals surface area (Å²) in [7, 11) is 0. The van der Waals surface area contributed by atoms with Crippen LogP contribution in [0.4, 0.5) is 5.69 Å². The third-order valence-corrected chi connectivity index (χ3v) is 5.31. The first-order valence-electron chi connectivity index (χ1n) is 11.5. The number of benzene rings is 3. The molecule has 0 aliphatic rings. The number of rotatable bonds is 13. The van der Waals surface area contributed by atoms with Crippen molar-refractivity contribution in [1.82, 2.24) is 0 Å². The van der Waals surface area contributed by atoms with Gasteiger partial charge in [-0.05, 0) is 66.5 Å². The van der Waals surface area contributed by atoms with Crippen molar-refractivity contribution < 1.29 is 4.74 Å². The van der Waals surface area contributed by atoms with E-state index in [4.69, 9.17) is 4.74 Å². The number of hydrogen-bond acceptors (Lipinski definition) is 2. The molecule has 0 unspecified atom stereocenters.